The van der Waals surface area contributed by atoms with Crippen LogP contribution in [0.5, 0.6) is 0 Å². The number of carbonyl (C=O) groups excluding carboxylic acids is 2. The van der Waals surface area contributed by atoms with E-state index in [2.05, 4.69) is 0 Å². The minimum absolute atomic E-state index is 0.0805. The first-order chi connectivity index (χ1) is 10.2. The normalized spacial score (nSPS) is 17.5. The first-order valence-electron chi connectivity index (χ1n) is 6.75. The zero-order valence-electron chi connectivity index (χ0n) is 11.3. The Kier molecular flexibility index (Phi) is 3.96. The SMILES string of the molecule is O=C1CCC(=O)[O][Sn]([c]2ccccc2)([c]2ccccc2)[O]1. The molecular weight excluding hydrogens is 375 g/mol. The fourth-order valence-corrected chi connectivity index (χ4v) is 10.8. The summed E-state index contributed by atoms with van der Waals surface area (Å²) in [6, 6.07) is 18.7. The van der Waals surface area contributed by atoms with Crippen LogP contribution in [-0.4, -0.2) is 31.1 Å². The molecule has 106 valence electrons. The number of hydrogen-bond acceptors (Lipinski definition) is 4. The maximum absolute atomic E-state index is 12.0. The van der Waals surface area contributed by atoms with Gasteiger partial charge >= 0.3 is 128 Å². The van der Waals surface area contributed by atoms with Gasteiger partial charge in [-0.25, -0.2) is 0 Å². The molecule has 21 heavy (non-hydrogen) atoms. The second kappa shape index (κ2) is 5.89. The second-order valence-corrected chi connectivity index (χ2v) is 12.8. The molecular formula is C16H14O4Sn. The van der Waals surface area contributed by atoms with Crippen molar-refractivity contribution in [2.75, 3.05) is 0 Å². The van der Waals surface area contributed by atoms with Gasteiger partial charge in [-0.2, -0.15) is 0 Å². The van der Waals surface area contributed by atoms with Crippen molar-refractivity contribution in [1.82, 2.24) is 0 Å². The molecule has 1 aliphatic heterocycles. The standard InChI is InChI=1S/2C6H5.C4H6O4.Sn/c2*1-2-4-6-5-3-1;5-3(6)1-2-4(7)8;/h2*1-5H;1-2H2,(H,5,6)(H,7,8);/q;;;+2/p-2. The van der Waals surface area contributed by atoms with Crippen LogP contribution in [0, 0.1) is 0 Å². The summed E-state index contributed by atoms with van der Waals surface area (Å²) < 4.78 is 13.2. The van der Waals surface area contributed by atoms with Crippen LogP contribution < -0.4 is 7.16 Å². The number of carbonyl (C=O) groups is 2. The molecule has 0 amide bonds. The summed E-state index contributed by atoms with van der Waals surface area (Å²) in [7, 11) is 0. The molecule has 0 radical (unpaired) electrons. The van der Waals surface area contributed by atoms with E-state index in [9.17, 15) is 9.59 Å². The van der Waals surface area contributed by atoms with Gasteiger partial charge in [0.25, 0.3) is 0 Å². The molecule has 0 N–H and O–H groups in total. The van der Waals surface area contributed by atoms with Crippen molar-refractivity contribution >= 4 is 38.3 Å². The maximum atomic E-state index is 12.0. The van der Waals surface area contributed by atoms with Gasteiger partial charge in [0.05, 0.1) is 0 Å². The van der Waals surface area contributed by atoms with Crippen molar-refractivity contribution in [3.05, 3.63) is 60.7 Å². The van der Waals surface area contributed by atoms with Crippen LogP contribution in [0.2, 0.25) is 0 Å². The molecule has 1 saturated heterocycles. The average Bonchev–Trinajstić information content (AvgIpc) is 2.69. The van der Waals surface area contributed by atoms with Crippen LogP contribution >= 0.6 is 0 Å². The average molecular weight is 389 g/mol. The first-order valence-corrected chi connectivity index (χ1v) is 11.9. The van der Waals surface area contributed by atoms with E-state index < -0.39 is 19.2 Å². The van der Waals surface area contributed by atoms with E-state index in [4.69, 9.17) is 6.15 Å². The van der Waals surface area contributed by atoms with Gasteiger partial charge in [0.2, 0.25) is 0 Å². The Morgan fingerprint density at radius 3 is 1.43 bits per heavy atom. The van der Waals surface area contributed by atoms with Crippen molar-refractivity contribution in [2.24, 2.45) is 0 Å². The van der Waals surface area contributed by atoms with Crippen LogP contribution in [0.15, 0.2) is 60.7 Å². The molecule has 1 fully saturated rings. The molecule has 0 unspecified atom stereocenters. The van der Waals surface area contributed by atoms with E-state index in [1.165, 1.54) is 0 Å². The fraction of sp³-hybridized carbons (Fsp3) is 0.125. The molecule has 0 aromatic heterocycles. The van der Waals surface area contributed by atoms with Crippen molar-refractivity contribution in [1.29, 1.82) is 0 Å². The Morgan fingerprint density at radius 1 is 0.667 bits per heavy atom. The Bertz CT molecular complexity index is 595. The minimum atomic E-state index is -4.23. The quantitative estimate of drug-likeness (QED) is 0.723. The van der Waals surface area contributed by atoms with E-state index in [-0.39, 0.29) is 24.8 Å². The summed E-state index contributed by atoms with van der Waals surface area (Å²) in [5.74, 6) is -0.714. The van der Waals surface area contributed by atoms with Crippen LogP contribution in [-0.2, 0) is 15.7 Å². The van der Waals surface area contributed by atoms with Crippen LogP contribution in [0.3, 0.4) is 0 Å². The Labute approximate surface area is 127 Å². The predicted octanol–water partition coefficient (Wildman–Crippen LogP) is 1.12. The summed E-state index contributed by atoms with van der Waals surface area (Å²) in [5.41, 5.74) is 0. The molecule has 0 spiro atoms. The van der Waals surface area contributed by atoms with Gasteiger partial charge in [0.15, 0.2) is 0 Å². The van der Waals surface area contributed by atoms with Crippen LogP contribution in [0.4, 0.5) is 0 Å². The van der Waals surface area contributed by atoms with Gasteiger partial charge in [0, 0.05) is 0 Å². The van der Waals surface area contributed by atoms with Gasteiger partial charge in [-0.3, -0.25) is 0 Å². The fourth-order valence-electron chi connectivity index (χ4n) is 2.37. The van der Waals surface area contributed by atoms with E-state index in [1.54, 1.807) is 0 Å². The van der Waals surface area contributed by atoms with Gasteiger partial charge in [0.1, 0.15) is 0 Å². The van der Waals surface area contributed by atoms with Crippen LogP contribution in [0.25, 0.3) is 0 Å². The monoisotopic (exact) mass is 390 g/mol. The zero-order chi connectivity index (χ0) is 14.7. The van der Waals surface area contributed by atoms with E-state index in [1.807, 2.05) is 60.7 Å². The molecule has 0 atom stereocenters. The molecule has 2 aromatic carbocycles. The van der Waals surface area contributed by atoms with Gasteiger partial charge in [-0.15, -0.1) is 0 Å². The summed E-state index contributed by atoms with van der Waals surface area (Å²) in [4.78, 5) is 24.0. The first kappa shape index (κ1) is 14.1. The topological polar surface area (TPSA) is 52.6 Å². The third kappa shape index (κ3) is 2.81. The Hall–Kier alpha value is -1.82. The molecule has 0 bridgehead atoms. The molecule has 3 rings (SSSR count). The van der Waals surface area contributed by atoms with E-state index in [0.29, 0.717) is 0 Å². The van der Waals surface area contributed by atoms with Crippen molar-refractivity contribution in [3.8, 4) is 0 Å². The number of benzene rings is 2. The predicted molar refractivity (Wildman–Crippen MR) is 79.3 cm³/mol. The molecule has 1 aliphatic rings. The number of rotatable bonds is 2. The third-order valence-electron chi connectivity index (χ3n) is 3.36. The van der Waals surface area contributed by atoms with Gasteiger partial charge < -0.3 is 0 Å². The van der Waals surface area contributed by atoms with Gasteiger partial charge in [-0.1, -0.05) is 0 Å². The zero-order valence-corrected chi connectivity index (χ0v) is 14.2. The molecule has 2 aromatic rings. The Balaban J connectivity index is 2.19. The molecule has 0 aliphatic carbocycles. The van der Waals surface area contributed by atoms with E-state index in [0.717, 1.165) is 7.16 Å². The molecule has 1 heterocycles. The van der Waals surface area contributed by atoms with Crippen LogP contribution in [0.1, 0.15) is 12.8 Å². The van der Waals surface area contributed by atoms with Gasteiger partial charge in [-0.05, 0) is 0 Å². The third-order valence-corrected chi connectivity index (χ3v) is 12.5. The summed E-state index contributed by atoms with van der Waals surface area (Å²) in [6.45, 7) is 0. The van der Waals surface area contributed by atoms with Crippen molar-refractivity contribution in [3.63, 3.8) is 0 Å². The van der Waals surface area contributed by atoms with Crippen molar-refractivity contribution < 1.29 is 15.7 Å². The second-order valence-electron chi connectivity index (χ2n) is 4.80. The molecule has 0 saturated carbocycles. The molecule has 5 heteroatoms. The summed E-state index contributed by atoms with van der Waals surface area (Å²) in [5, 5.41) is 0. The summed E-state index contributed by atoms with van der Waals surface area (Å²) >= 11 is -4.23. The molecule has 4 nitrogen and oxygen atoms in total. The van der Waals surface area contributed by atoms with Crippen molar-refractivity contribution in [2.45, 2.75) is 12.8 Å². The number of hydrogen-bond donors (Lipinski definition) is 0. The Morgan fingerprint density at radius 2 is 1.05 bits per heavy atom. The summed E-state index contributed by atoms with van der Waals surface area (Å²) in [6.07, 6.45) is 0.161. The van der Waals surface area contributed by atoms with E-state index >= 15 is 0 Å².